The molecule has 2 aromatic rings. The van der Waals surface area contributed by atoms with Crippen LogP contribution >= 0.6 is 0 Å². The minimum Gasteiger partial charge on any atom is -0.255 e. The van der Waals surface area contributed by atoms with Crippen molar-refractivity contribution in [2.24, 2.45) is 5.14 Å². The zero-order chi connectivity index (χ0) is 11.1. The quantitative estimate of drug-likeness (QED) is 0.789. The maximum atomic E-state index is 13.3. The average molecular weight is 226 g/mol. The predicted octanol–water partition coefficient (Wildman–Crippen LogP) is 1.02. The first kappa shape index (κ1) is 10.0. The maximum Gasteiger partial charge on any atom is 0.239 e. The van der Waals surface area contributed by atoms with Crippen molar-refractivity contribution < 1.29 is 12.8 Å². The van der Waals surface area contributed by atoms with Crippen LogP contribution in [-0.4, -0.2) is 13.4 Å². The Hall–Kier alpha value is -1.53. The van der Waals surface area contributed by atoms with Crippen LogP contribution in [0.3, 0.4) is 0 Å². The van der Waals surface area contributed by atoms with Crippen molar-refractivity contribution in [1.29, 1.82) is 0 Å². The fourth-order valence-electron chi connectivity index (χ4n) is 1.25. The molecular formula is C9H7FN2O2S. The summed E-state index contributed by atoms with van der Waals surface area (Å²) < 4.78 is 35.3. The molecule has 0 radical (unpaired) electrons. The largest absolute Gasteiger partial charge is 0.255 e. The molecule has 0 amide bonds. The summed E-state index contributed by atoms with van der Waals surface area (Å²) >= 11 is 0. The van der Waals surface area contributed by atoms with E-state index in [9.17, 15) is 12.8 Å². The molecule has 0 fully saturated rings. The summed E-state index contributed by atoms with van der Waals surface area (Å²) in [5.74, 6) is -0.523. The molecule has 0 unspecified atom stereocenters. The second kappa shape index (κ2) is 3.25. The lowest BCUT2D eigenvalue weighted by molar-refractivity contribution is 0.597. The van der Waals surface area contributed by atoms with Gasteiger partial charge in [-0.25, -0.2) is 17.9 Å². The van der Waals surface area contributed by atoms with E-state index in [-0.39, 0.29) is 10.3 Å². The molecule has 0 saturated heterocycles. The number of primary sulfonamides is 1. The minimum absolute atomic E-state index is 0.143. The number of hydrogen-bond acceptors (Lipinski definition) is 3. The molecule has 0 bridgehead atoms. The van der Waals surface area contributed by atoms with Crippen LogP contribution in [-0.2, 0) is 10.0 Å². The number of nitrogens with zero attached hydrogens (tertiary/aromatic N) is 1. The van der Waals surface area contributed by atoms with Crippen molar-refractivity contribution >= 4 is 20.9 Å². The van der Waals surface area contributed by atoms with E-state index in [1.165, 1.54) is 18.2 Å². The molecule has 1 aromatic heterocycles. The van der Waals surface area contributed by atoms with Gasteiger partial charge in [-0.2, -0.15) is 0 Å². The third-order valence-corrected chi connectivity index (χ3v) is 2.86. The Morgan fingerprint density at radius 1 is 1.33 bits per heavy atom. The summed E-state index contributed by atoms with van der Waals surface area (Å²) in [6.45, 7) is 0. The van der Waals surface area contributed by atoms with Gasteiger partial charge in [-0.1, -0.05) is 6.07 Å². The van der Waals surface area contributed by atoms with Gasteiger partial charge < -0.3 is 0 Å². The van der Waals surface area contributed by atoms with Crippen LogP contribution < -0.4 is 5.14 Å². The first-order valence-electron chi connectivity index (χ1n) is 4.05. The molecule has 2 rings (SSSR count). The third-order valence-electron chi connectivity index (χ3n) is 1.98. The molecule has 0 aliphatic rings. The minimum atomic E-state index is -3.84. The van der Waals surface area contributed by atoms with Crippen molar-refractivity contribution in [2.45, 2.75) is 4.90 Å². The van der Waals surface area contributed by atoms with Crippen LogP contribution in [0.4, 0.5) is 4.39 Å². The molecule has 0 aliphatic carbocycles. The monoisotopic (exact) mass is 226 g/mol. The molecule has 6 heteroatoms. The Bertz CT molecular complexity index is 625. The molecule has 0 atom stereocenters. The summed E-state index contributed by atoms with van der Waals surface area (Å²) in [6.07, 6.45) is 1.11. The molecule has 0 aliphatic heterocycles. The Morgan fingerprint density at radius 2 is 2.07 bits per heavy atom. The van der Waals surface area contributed by atoms with Crippen LogP contribution in [0.5, 0.6) is 0 Å². The van der Waals surface area contributed by atoms with E-state index >= 15 is 0 Å². The second-order valence-electron chi connectivity index (χ2n) is 3.02. The van der Waals surface area contributed by atoms with E-state index in [1.54, 1.807) is 6.07 Å². The number of nitrogens with two attached hydrogens (primary N) is 1. The highest BCUT2D eigenvalue weighted by Gasteiger charge is 2.10. The lowest BCUT2D eigenvalue weighted by Gasteiger charge is -2.01. The van der Waals surface area contributed by atoms with Crippen LogP contribution in [0.15, 0.2) is 35.4 Å². The topological polar surface area (TPSA) is 73.1 Å². The number of benzene rings is 1. The van der Waals surface area contributed by atoms with Gasteiger partial charge in [0.05, 0.1) is 5.52 Å². The standard InChI is InChI=1S/C9H7FN2O2S/c10-8-2-1-3-9-7(8)4-6(5-12-9)15(11,13)14/h1-5H,(H2,11,13,14). The predicted molar refractivity (Wildman–Crippen MR) is 53.1 cm³/mol. The van der Waals surface area contributed by atoms with E-state index in [2.05, 4.69) is 4.98 Å². The van der Waals surface area contributed by atoms with Crippen molar-refractivity contribution in [3.05, 3.63) is 36.3 Å². The fraction of sp³-hybridized carbons (Fsp3) is 0. The Labute approximate surface area is 85.6 Å². The summed E-state index contributed by atoms with van der Waals surface area (Å²) in [6, 6.07) is 5.50. The maximum absolute atomic E-state index is 13.3. The second-order valence-corrected chi connectivity index (χ2v) is 4.58. The smallest absolute Gasteiger partial charge is 0.239 e. The highest BCUT2D eigenvalue weighted by atomic mass is 32.2. The number of fused-ring (bicyclic) bond motifs is 1. The van der Waals surface area contributed by atoms with Crippen molar-refractivity contribution in [1.82, 2.24) is 4.98 Å². The molecule has 0 spiro atoms. The molecule has 1 aromatic carbocycles. The number of pyridine rings is 1. The lowest BCUT2D eigenvalue weighted by Crippen LogP contribution is -2.12. The first-order valence-corrected chi connectivity index (χ1v) is 5.60. The summed E-state index contributed by atoms with van der Waals surface area (Å²) in [5, 5.41) is 5.05. The van der Waals surface area contributed by atoms with Crippen LogP contribution in [0.25, 0.3) is 10.9 Å². The molecule has 15 heavy (non-hydrogen) atoms. The normalized spacial score (nSPS) is 11.9. The van der Waals surface area contributed by atoms with Gasteiger partial charge in [0.1, 0.15) is 10.7 Å². The molecule has 4 nitrogen and oxygen atoms in total. The number of hydrogen-bond donors (Lipinski definition) is 1. The summed E-state index contributed by atoms with van der Waals surface area (Å²) in [7, 11) is -3.84. The molecule has 78 valence electrons. The van der Waals surface area contributed by atoms with Gasteiger partial charge in [0, 0.05) is 11.6 Å². The van der Waals surface area contributed by atoms with Gasteiger partial charge in [-0.3, -0.25) is 4.98 Å². The van der Waals surface area contributed by atoms with Gasteiger partial charge in [0.15, 0.2) is 0 Å². The van der Waals surface area contributed by atoms with E-state index < -0.39 is 15.8 Å². The number of halogens is 1. The fourth-order valence-corrected chi connectivity index (χ4v) is 1.73. The van der Waals surface area contributed by atoms with Crippen LogP contribution in [0, 0.1) is 5.82 Å². The molecule has 1 heterocycles. The SMILES string of the molecule is NS(=O)(=O)c1cnc2cccc(F)c2c1. The Morgan fingerprint density at radius 3 is 2.73 bits per heavy atom. The van der Waals surface area contributed by atoms with Crippen LogP contribution in [0.1, 0.15) is 0 Å². The van der Waals surface area contributed by atoms with E-state index in [4.69, 9.17) is 5.14 Å². The Balaban J connectivity index is 2.81. The first-order chi connectivity index (χ1) is 6.98. The van der Waals surface area contributed by atoms with E-state index in [0.717, 1.165) is 6.20 Å². The summed E-state index contributed by atoms with van der Waals surface area (Å²) in [4.78, 5) is 3.61. The number of aromatic nitrogens is 1. The van der Waals surface area contributed by atoms with Gasteiger partial charge in [-0.15, -0.1) is 0 Å². The van der Waals surface area contributed by atoms with Crippen LogP contribution in [0.2, 0.25) is 0 Å². The zero-order valence-electron chi connectivity index (χ0n) is 7.51. The molecule has 0 saturated carbocycles. The number of rotatable bonds is 1. The average Bonchev–Trinajstić information content (AvgIpc) is 2.16. The molecule has 2 N–H and O–H groups in total. The van der Waals surface area contributed by atoms with Crippen molar-refractivity contribution in [3.63, 3.8) is 0 Å². The summed E-state index contributed by atoms with van der Waals surface area (Å²) in [5.41, 5.74) is 0.391. The number of sulfonamides is 1. The Kier molecular flexibility index (Phi) is 2.17. The zero-order valence-corrected chi connectivity index (χ0v) is 8.33. The van der Waals surface area contributed by atoms with Crippen molar-refractivity contribution in [2.75, 3.05) is 0 Å². The lowest BCUT2D eigenvalue weighted by atomic mass is 10.2. The van der Waals surface area contributed by atoms with Gasteiger partial charge in [-0.05, 0) is 18.2 Å². The van der Waals surface area contributed by atoms with Gasteiger partial charge in [0.25, 0.3) is 0 Å². The third kappa shape index (κ3) is 1.81. The van der Waals surface area contributed by atoms with Gasteiger partial charge >= 0.3 is 0 Å². The highest BCUT2D eigenvalue weighted by Crippen LogP contribution is 2.18. The molecular weight excluding hydrogens is 219 g/mol. The van der Waals surface area contributed by atoms with Crippen molar-refractivity contribution in [3.8, 4) is 0 Å². The van der Waals surface area contributed by atoms with E-state index in [1.807, 2.05) is 0 Å². The van der Waals surface area contributed by atoms with Gasteiger partial charge in [0.2, 0.25) is 10.0 Å². The van der Waals surface area contributed by atoms with E-state index in [0.29, 0.717) is 5.52 Å². The highest BCUT2D eigenvalue weighted by molar-refractivity contribution is 7.89.